The van der Waals surface area contributed by atoms with Crippen LogP contribution in [0.4, 0.5) is 5.69 Å². The Morgan fingerprint density at radius 3 is 2.35 bits per heavy atom. The van der Waals surface area contributed by atoms with E-state index >= 15 is 0 Å². The van der Waals surface area contributed by atoms with Crippen molar-refractivity contribution >= 4 is 22.2 Å². The Balaban J connectivity index is 1.30. The lowest BCUT2D eigenvalue weighted by molar-refractivity contribution is -0.181. The first-order valence-corrected chi connectivity index (χ1v) is 16.6. The molecule has 4 heteroatoms. The van der Waals surface area contributed by atoms with Crippen LogP contribution in [0.2, 0.25) is 0 Å². The third-order valence-corrected chi connectivity index (χ3v) is 13.6. The van der Waals surface area contributed by atoms with E-state index in [0.29, 0.717) is 23.4 Å². The first-order valence-electron chi connectivity index (χ1n) is 15.1. The zero-order valence-electron chi connectivity index (χ0n) is 23.8. The zero-order chi connectivity index (χ0) is 26.2. The molecule has 0 aromatic heterocycles. The van der Waals surface area contributed by atoms with E-state index in [-0.39, 0.29) is 10.8 Å². The minimum Gasteiger partial charge on any atom is -0.396 e. The predicted molar refractivity (Wildman–Crippen MR) is 155 cm³/mol. The lowest BCUT2D eigenvalue weighted by atomic mass is 9.36. The first kappa shape index (κ1) is 26.1. The smallest absolute Gasteiger partial charge is 0.113 e. The predicted octanol–water partition coefficient (Wildman–Crippen LogP) is 7.84. The van der Waals surface area contributed by atoms with E-state index in [2.05, 4.69) is 62.8 Å². The highest BCUT2D eigenvalue weighted by atomic mass is 32.2. The molecule has 0 spiro atoms. The van der Waals surface area contributed by atoms with Gasteiger partial charge in [-0.05, 0) is 132 Å². The molecule has 5 aliphatic rings. The van der Waals surface area contributed by atoms with Crippen LogP contribution in [0.5, 0.6) is 0 Å². The summed E-state index contributed by atoms with van der Waals surface area (Å²) >= 11 is 0. The average Bonchev–Trinajstić information content (AvgIpc) is 3.29. The molecule has 37 heavy (non-hydrogen) atoms. The average molecular weight is 524 g/mol. The monoisotopic (exact) mass is 523 g/mol. The molecule has 1 aromatic rings. The van der Waals surface area contributed by atoms with Crippen LogP contribution in [0.25, 0.3) is 5.57 Å². The molecule has 0 amide bonds. The van der Waals surface area contributed by atoms with Crippen molar-refractivity contribution in [3.8, 4) is 0 Å². The van der Waals surface area contributed by atoms with Gasteiger partial charge < -0.3 is 9.83 Å². The van der Waals surface area contributed by atoms with Crippen LogP contribution in [0.15, 0.2) is 30.3 Å². The van der Waals surface area contributed by atoms with Crippen LogP contribution in [-0.2, 0) is 11.0 Å². The molecule has 2 N–H and O–H groups in total. The number of fused-ring (bicyclic) bond motifs is 7. The van der Waals surface area contributed by atoms with Gasteiger partial charge in [0.1, 0.15) is 11.0 Å². The molecule has 0 heterocycles. The van der Waals surface area contributed by atoms with Crippen molar-refractivity contribution in [3.05, 3.63) is 35.9 Å². The molecule has 5 unspecified atom stereocenters. The summed E-state index contributed by atoms with van der Waals surface area (Å²) in [5.41, 5.74) is 4.95. The van der Waals surface area contributed by atoms with Gasteiger partial charge in [-0.15, -0.1) is 0 Å². The lowest BCUT2D eigenvalue weighted by Crippen LogP contribution is -2.61. The van der Waals surface area contributed by atoms with E-state index in [1.807, 2.05) is 0 Å². The van der Waals surface area contributed by atoms with Gasteiger partial charge >= 0.3 is 0 Å². The Morgan fingerprint density at radius 2 is 1.65 bits per heavy atom. The van der Waals surface area contributed by atoms with Crippen LogP contribution in [-0.4, -0.2) is 22.2 Å². The van der Waals surface area contributed by atoms with Gasteiger partial charge in [0.05, 0.1) is 0 Å². The van der Waals surface area contributed by atoms with Gasteiger partial charge in [0.25, 0.3) is 0 Å². The van der Waals surface area contributed by atoms with Gasteiger partial charge in [-0.3, -0.25) is 0 Å². The van der Waals surface area contributed by atoms with Crippen molar-refractivity contribution in [2.45, 2.75) is 91.9 Å². The number of rotatable bonds is 4. The number of hydrogen-bond acceptors (Lipinski definition) is 2. The molecule has 4 fully saturated rings. The van der Waals surface area contributed by atoms with E-state index in [4.69, 9.17) is 0 Å². The van der Waals surface area contributed by atoms with Crippen molar-refractivity contribution in [1.82, 2.24) is 0 Å². The Kier molecular flexibility index (Phi) is 6.31. The number of hydrogen-bond donors (Lipinski definition) is 2. The molecule has 6 rings (SSSR count). The lowest BCUT2D eigenvalue weighted by Gasteiger charge is -2.68. The number of benzene rings is 1. The fourth-order valence-corrected chi connectivity index (χ4v) is 12.1. The van der Waals surface area contributed by atoms with E-state index in [1.54, 1.807) is 6.26 Å². The van der Waals surface area contributed by atoms with Crippen LogP contribution in [0.1, 0.15) is 97.5 Å². The van der Waals surface area contributed by atoms with Crippen molar-refractivity contribution in [2.75, 3.05) is 17.6 Å². The molecular formula is C33H49NO2S. The topological polar surface area (TPSA) is 49.3 Å². The molecule has 0 bridgehead atoms. The Hall–Kier alpha value is -1.13. The van der Waals surface area contributed by atoms with E-state index in [0.717, 1.165) is 29.4 Å². The minimum absolute atomic E-state index is 0.137. The summed E-state index contributed by atoms with van der Waals surface area (Å²) in [6.07, 6.45) is 17.5. The minimum atomic E-state index is -1.05. The van der Waals surface area contributed by atoms with E-state index in [1.165, 1.54) is 75.3 Å². The summed E-state index contributed by atoms with van der Waals surface area (Å²) in [7, 11) is -1.05. The third-order valence-electron chi connectivity index (χ3n) is 13.0. The molecule has 1 aromatic carbocycles. The molecule has 4 saturated carbocycles. The highest BCUT2D eigenvalue weighted by Crippen LogP contribution is 2.73. The Morgan fingerprint density at radius 1 is 0.892 bits per heavy atom. The quantitative estimate of drug-likeness (QED) is 0.422. The van der Waals surface area contributed by atoms with Crippen molar-refractivity contribution in [2.24, 2.45) is 51.2 Å². The number of aliphatic hydroxyl groups excluding tert-OH is 1. The summed E-state index contributed by atoms with van der Waals surface area (Å²) in [6.45, 7) is 10.8. The summed E-state index contributed by atoms with van der Waals surface area (Å²) in [6, 6.07) is 8.61. The second-order valence-electron chi connectivity index (χ2n) is 14.7. The van der Waals surface area contributed by atoms with Crippen LogP contribution in [0, 0.1) is 51.2 Å². The number of anilines is 1. The van der Waals surface area contributed by atoms with E-state index < -0.39 is 11.0 Å². The highest BCUT2D eigenvalue weighted by Gasteiger charge is 2.65. The number of nitrogens with one attached hydrogen (secondary N) is 1. The molecule has 0 saturated heterocycles. The summed E-state index contributed by atoms with van der Waals surface area (Å²) in [5.74, 6) is 3.96. The van der Waals surface area contributed by atoms with Crippen LogP contribution < -0.4 is 4.72 Å². The summed E-state index contributed by atoms with van der Waals surface area (Å²) in [4.78, 5) is 0. The maximum absolute atomic E-state index is 11.6. The van der Waals surface area contributed by atoms with Gasteiger partial charge in [0.2, 0.25) is 0 Å². The summed E-state index contributed by atoms with van der Waals surface area (Å²) < 4.78 is 14.6. The molecule has 5 aliphatic carbocycles. The maximum atomic E-state index is 11.6. The molecule has 3 nitrogen and oxygen atoms in total. The Bertz CT molecular complexity index is 1090. The van der Waals surface area contributed by atoms with E-state index in [9.17, 15) is 9.32 Å². The SMILES string of the molecule is CS(=O)Nc1ccc(C2=CC[C@@]3(C)C(CC[C@@]4(C)C5CC[C@@]6(CO)CCCC6[C@H]5CCC43)C2(C)C)cc1. The maximum Gasteiger partial charge on any atom is 0.113 e. The van der Waals surface area contributed by atoms with Crippen molar-refractivity contribution < 1.29 is 9.32 Å². The highest BCUT2D eigenvalue weighted by molar-refractivity contribution is 7.85. The van der Waals surface area contributed by atoms with Crippen LogP contribution in [0.3, 0.4) is 0 Å². The van der Waals surface area contributed by atoms with Gasteiger partial charge in [-0.2, -0.15) is 0 Å². The van der Waals surface area contributed by atoms with Gasteiger partial charge in [0, 0.05) is 18.6 Å². The molecule has 9 atom stereocenters. The van der Waals surface area contributed by atoms with Crippen molar-refractivity contribution in [3.63, 3.8) is 0 Å². The fourth-order valence-electron chi connectivity index (χ4n) is 11.6. The van der Waals surface area contributed by atoms with Gasteiger partial charge in [-0.25, -0.2) is 4.21 Å². The van der Waals surface area contributed by atoms with Crippen LogP contribution >= 0.6 is 0 Å². The summed E-state index contributed by atoms with van der Waals surface area (Å²) in [5, 5.41) is 10.4. The molecule has 0 aliphatic heterocycles. The molecule has 204 valence electrons. The second kappa shape index (κ2) is 8.95. The third kappa shape index (κ3) is 3.78. The normalized spacial score (nSPS) is 45.0. The van der Waals surface area contributed by atoms with Crippen molar-refractivity contribution in [1.29, 1.82) is 0 Å². The number of allylic oxidation sites excluding steroid dienone is 2. The van der Waals surface area contributed by atoms with Gasteiger partial charge in [-0.1, -0.05) is 52.3 Å². The largest absolute Gasteiger partial charge is 0.396 e. The second-order valence-corrected chi connectivity index (χ2v) is 15.9. The molecular weight excluding hydrogens is 474 g/mol. The first-order chi connectivity index (χ1) is 17.5. The zero-order valence-corrected chi connectivity index (χ0v) is 24.6. The number of aliphatic hydroxyl groups is 1. The molecule has 0 radical (unpaired) electrons. The standard InChI is InChI=1S/C33H49NO2S/c1-30(2)25(22-8-10-23(11-9-22)34-37(5)36)14-18-32(4)28(30)16-19-31(3)26-15-20-33(21-35)17-6-7-27(33)24(26)12-13-29(31)32/h8-11,14,24,26-29,34-35H,6-7,12-13,15-21H2,1-5H3/t24-,26?,27?,28?,29?,31-,32-,33+,37?/m0/s1. The Labute approximate surface area is 227 Å². The van der Waals surface area contributed by atoms with Gasteiger partial charge in [0.15, 0.2) is 0 Å². The fraction of sp³-hybridized carbons (Fsp3) is 0.758.